The fourth-order valence-corrected chi connectivity index (χ4v) is 5.76. The van der Waals surface area contributed by atoms with Crippen LogP contribution in [-0.2, 0) is 12.1 Å². The zero-order valence-corrected chi connectivity index (χ0v) is 25.0. The molecule has 2 N–H and O–H groups in total. The third kappa shape index (κ3) is 6.44. The van der Waals surface area contributed by atoms with Crippen molar-refractivity contribution in [1.82, 2.24) is 9.47 Å². The fraction of sp³-hybridized carbons (Fsp3) is 0.344. The molecule has 3 aromatic carbocycles. The maximum atomic E-state index is 14.8. The number of carbonyl (C=O) groups is 1. The Balaban J connectivity index is 1.41. The van der Waals surface area contributed by atoms with E-state index in [0.717, 1.165) is 11.6 Å². The van der Waals surface area contributed by atoms with Crippen LogP contribution < -0.4 is 14.2 Å². The average Bonchev–Trinajstić information content (AvgIpc) is 3.39. The van der Waals surface area contributed by atoms with Crippen molar-refractivity contribution in [1.29, 1.82) is 0 Å². The molecule has 2 heterocycles. The number of benzene rings is 3. The molecule has 11 nitrogen and oxygen atoms in total. The number of aliphatic hydroxyl groups is 1. The van der Waals surface area contributed by atoms with Crippen LogP contribution >= 0.6 is 0 Å². The molecule has 0 saturated carbocycles. The number of non-ortho nitro benzene ring substituents is 1. The summed E-state index contributed by atoms with van der Waals surface area (Å²) in [6.07, 6.45) is -3.72. The molecule has 1 aliphatic heterocycles. The number of nitro groups is 1. The summed E-state index contributed by atoms with van der Waals surface area (Å²) < 4.78 is 62.8. The van der Waals surface area contributed by atoms with Gasteiger partial charge in [-0.2, -0.15) is 13.2 Å². The zero-order chi connectivity index (χ0) is 33.2. The van der Waals surface area contributed by atoms with E-state index in [2.05, 4.69) is 0 Å². The van der Waals surface area contributed by atoms with E-state index in [0.29, 0.717) is 12.8 Å². The van der Waals surface area contributed by atoms with Crippen LogP contribution in [0.3, 0.4) is 0 Å². The zero-order valence-electron chi connectivity index (χ0n) is 25.0. The Kier molecular flexibility index (Phi) is 9.13. The van der Waals surface area contributed by atoms with E-state index < -0.39 is 40.9 Å². The summed E-state index contributed by atoms with van der Waals surface area (Å²) in [5.41, 5.74) is -3.08. The first kappa shape index (κ1) is 32.6. The third-order valence-corrected chi connectivity index (χ3v) is 8.17. The summed E-state index contributed by atoms with van der Waals surface area (Å²) in [5.74, 6) is -0.730. The molecular formula is C32H32F3N3O8. The van der Waals surface area contributed by atoms with Gasteiger partial charge in [0.1, 0.15) is 6.10 Å². The number of aromatic carboxylic acids is 1. The van der Waals surface area contributed by atoms with Crippen molar-refractivity contribution in [2.24, 2.45) is 0 Å². The van der Waals surface area contributed by atoms with Gasteiger partial charge in [-0.1, -0.05) is 30.3 Å². The molecule has 4 aromatic rings. The first-order chi connectivity index (χ1) is 21.8. The van der Waals surface area contributed by atoms with Crippen molar-refractivity contribution < 1.29 is 47.3 Å². The first-order valence-corrected chi connectivity index (χ1v) is 14.3. The normalized spacial score (nSPS) is 15.8. The van der Waals surface area contributed by atoms with Gasteiger partial charge >= 0.3 is 12.1 Å². The Hall–Kier alpha value is -4.82. The maximum absolute atomic E-state index is 14.8. The molecule has 0 aliphatic carbocycles. The molecule has 1 aliphatic rings. The molecule has 1 aromatic heterocycles. The molecular weight excluding hydrogens is 611 g/mol. The summed E-state index contributed by atoms with van der Waals surface area (Å²) in [6.45, 7) is -0.343. The molecule has 14 heteroatoms. The smallest absolute Gasteiger partial charge is 0.422 e. The van der Waals surface area contributed by atoms with Gasteiger partial charge in [0, 0.05) is 55.5 Å². The van der Waals surface area contributed by atoms with Crippen molar-refractivity contribution in [3.63, 3.8) is 0 Å². The number of carboxylic acid groups (broad SMARTS) is 1. The van der Waals surface area contributed by atoms with Gasteiger partial charge in [0.15, 0.2) is 11.5 Å². The quantitative estimate of drug-likeness (QED) is 0.158. The number of likely N-dealkylation sites (tertiary alicyclic amines) is 1. The average molecular weight is 644 g/mol. The van der Waals surface area contributed by atoms with Gasteiger partial charge < -0.3 is 29.0 Å². The third-order valence-electron chi connectivity index (χ3n) is 8.17. The van der Waals surface area contributed by atoms with Crippen LogP contribution in [0.2, 0.25) is 0 Å². The second-order valence-electron chi connectivity index (χ2n) is 11.1. The number of hydrogen-bond acceptors (Lipinski definition) is 8. The van der Waals surface area contributed by atoms with Crippen LogP contribution in [0.15, 0.2) is 66.9 Å². The van der Waals surface area contributed by atoms with Gasteiger partial charge in [-0.25, -0.2) is 4.79 Å². The SMILES string of the molecule is COc1cc(C(=O)O)cc(OC)c1OC1CCN(CC(O)(c2cn(Cc3ccccc3)c3cc([N+](=O)[O-])ccc23)C(F)(F)F)CC1. The Morgan fingerprint density at radius 2 is 1.65 bits per heavy atom. The second-order valence-corrected chi connectivity index (χ2v) is 11.1. The Morgan fingerprint density at radius 1 is 1.02 bits per heavy atom. The maximum Gasteiger partial charge on any atom is 0.422 e. The van der Waals surface area contributed by atoms with E-state index in [4.69, 9.17) is 14.2 Å². The molecule has 0 bridgehead atoms. The molecule has 1 atom stereocenters. The van der Waals surface area contributed by atoms with Gasteiger partial charge in [-0.3, -0.25) is 15.0 Å². The molecule has 244 valence electrons. The van der Waals surface area contributed by atoms with Crippen molar-refractivity contribution in [3.8, 4) is 17.2 Å². The van der Waals surface area contributed by atoms with Crippen LogP contribution in [0.4, 0.5) is 18.9 Å². The van der Waals surface area contributed by atoms with Crippen LogP contribution in [0.5, 0.6) is 17.2 Å². The molecule has 1 saturated heterocycles. The number of hydrogen-bond donors (Lipinski definition) is 2. The number of methoxy groups -OCH3 is 2. The summed E-state index contributed by atoms with van der Waals surface area (Å²) in [5, 5.41) is 32.4. The number of fused-ring (bicyclic) bond motifs is 1. The monoisotopic (exact) mass is 643 g/mol. The van der Waals surface area contributed by atoms with Crippen LogP contribution in [0, 0.1) is 10.1 Å². The standard InChI is InChI=1S/C32H32F3N3O8/c1-44-27-14-21(30(39)40)15-28(45-2)29(27)46-23-10-12-36(13-11-23)19-31(41,32(33,34)35)25-18-37(17-20-6-4-3-5-7-20)26-16-22(38(42)43)8-9-24(25)26/h3-9,14-16,18,23,41H,10-13,17,19H2,1-2H3,(H,39,40). The number of alkyl halides is 3. The van der Waals surface area contributed by atoms with E-state index >= 15 is 0 Å². The minimum Gasteiger partial charge on any atom is -0.493 e. The molecule has 1 unspecified atom stereocenters. The molecule has 0 amide bonds. The minimum atomic E-state index is -5.08. The van der Waals surface area contributed by atoms with E-state index in [1.165, 1.54) is 54.1 Å². The van der Waals surface area contributed by atoms with Crippen LogP contribution in [0.1, 0.15) is 34.3 Å². The highest BCUT2D eigenvalue weighted by Gasteiger charge is 2.57. The predicted octanol–water partition coefficient (Wildman–Crippen LogP) is 5.61. The van der Waals surface area contributed by atoms with Crippen molar-refractivity contribution in [3.05, 3.63) is 93.7 Å². The van der Waals surface area contributed by atoms with E-state index in [-0.39, 0.29) is 59.0 Å². The highest BCUT2D eigenvalue weighted by atomic mass is 19.4. The Labute approximate surface area is 261 Å². The lowest BCUT2D eigenvalue weighted by molar-refractivity contribution is -0.384. The number of piperidine rings is 1. The highest BCUT2D eigenvalue weighted by molar-refractivity contribution is 5.89. The summed E-state index contributed by atoms with van der Waals surface area (Å²) in [4.78, 5) is 23.9. The van der Waals surface area contributed by atoms with E-state index in [1.54, 1.807) is 30.3 Å². The lowest BCUT2D eigenvalue weighted by atomic mass is 9.91. The number of ether oxygens (including phenoxy) is 3. The molecule has 46 heavy (non-hydrogen) atoms. The molecule has 0 radical (unpaired) electrons. The minimum absolute atomic E-state index is 0.0589. The number of aromatic nitrogens is 1. The van der Waals surface area contributed by atoms with Crippen molar-refractivity contribution >= 4 is 22.6 Å². The van der Waals surface area contributed by atoms with E-state index in [1.807, 2.05) is 0 Å². The number of halogens is 3. The lowest BCUT2D eigenvalue weighted by Gasteiger charge is -2.39. The molecule has 5 rings (SSSR count). The van der Waals surface area contributed by atoms with Gasteiger partial charge in [-0.05, 0) is 36.6 Å². The van der Waals surface area contributed by atoms with Crippen molar-refractivity contribution in [2.75, 3.05) is 33.9 Å². The van der Waals surface area contributed by atoms with Gasteiger partial charge in [0.05, 0.1) is 30.2 Å². The van der Waals surface area contributed by atoms with Crippen molar-refractivity contribution in [2.45, 2.75) is 37.3 Å². The summed E-state index contributed by atoms with van der Waals surface area (Å²) in [7, 11) is 2.70. The predicted molar refractivity (Wildman–Crippen MR) is 161 cm³/mol. The number of β-amino-alcohol motifs (C(OH)–C–C–N with tert-alkyl or cyclic N) is 1. The van der Waals surface area contributed by atoms with E-state index in [9.17, 15) is 38.3 Å². The number of nitrogens with zero attached hydrogens (tertiary/aromatic N) is 3. The summed E-state index contributed by atoms with van der Waals surface area (Å²) in [6, 6.07) is 15.1. The van der Waals surface area contributed by atoms with Gasteiger partial charge in [0.25, 0.3) is 5.69 Å². The first-order valence-electron chi connectivity index (χ1n) is 14.3. The number of carboxylic acids is 1. The second kappa shape index (κ2) is 12.9. The lowest BCUT2D eigenvalue weighted by Crippen LogP contribution is -2.53. The fourth-order valence-electron chi connectivity index (χ4n) is 5.76. The van der Waals surface area contributed by atoms with Gasteiger partial charge in [0.2, 0.25) is 11.4 Å². The van der Waals surface area contributed by atoms with Crippen LogP contribution in [0.25, 0.3) is 10.9 Å². The summed E-state index contributed by atoms with van der Waals surface area (Å²) >= 11 is 0. The van der Waals surface area contributed by atoms with Crippen LogP contribution in [-0.4, -0.2) is 76.7 Å². The number of nitro benzene ring substituents is 1. The Morgan fingerprint density at radius 3 is 2.20 bits per heavy atom. The largest absolute Gasteiger partial charge is 0.493 e. The molecule has 0 spiro atoms. The topological polar surface area (TPSA) is 137 Å². The molecule has 1 fully saturated rings. The van der Waals surface area contributed by atoms with Gasteiger partial charge in [-0.15, -0.1) is 0 Å². The Bertz CT molecular complexity index is 1710. The highest BCUT2D eigenvalue weighted by Crippen LogP contribution is 2.45. The number of rotatable bonds is 11.